The molecule has 0 saturated carbocycles. The molecule has 0 heterocycles. The lowest BCUT2D eigenvalue weighted by Crippen LogP contribution is -2.29. The Bertz CT molecular complexity index is 618. The van der Waals surface area contributed by atoms with E-state index >= 15 is 0 Å². The summed E-state index contributed by atoms with van der Waals surface area (Å²) in [6, 6.07) is 14.5. The van der Waals surface area contributed by atoms with Gasteiger partial charge in [0, 0.05) is 6.54 Å². The molecule has 0 unspecified atom stereocenters. The molecule has 2 N–H and O–H groups in total. The Morgan fingerprint density at radius 2 is 1.86 bits per heavy atom. The number of nitrogens with one attached hydrogen (secondary N) is 2. The number of hydrogen-bond donors (Lipinski definition) is 2. The van der Waals surface area contributed by atoms with Crippen molar-refractivity contribution >= 4 is 34.6 Å². The molecule has 2 nitrogen and oxygen atoms in total. The van der Waals surface area contributed by atoms with E-state index in [4.69, 9.17) is 23.8 Å². The number of aryl methyl sites for hydroxylation is 3. The van der Waals surface area contributed by atoms with Crippen LogP contribution in [-0.4, -0.2) is 11.7 Å². The van der Waals surface area contributed by atoms with Gasteiger partial charge in [0.15, 0.2) is 5.11 Å². The molecule has 0 spiro atoms. The molecule has 2 rings (SSSR count). The van der Waals surface area contributed by atoms with Gasteiger partial charge in [0.1, 0.15) is 0 Å². The van der Waals surface area contributed by atoms with E-state index in [9.17, 15) is 0 Å². The topological polar surface area (TPSA) is 24.1 Å². The van der Waals surface area contributed by atoms with Gasteiger partial charge in [-0.1, -0.05) is 48.0 Å². The predicted octanol–water partition coefficient (Wildman–Crippen LogP) is 4.88. The van der Waals surface area contributed by atoms with Gasteiger partial charge in [-0.05, 0) is 61.7 Å². The number of anilines is 1. The van der Waals surface area contributed by atoms with Crippen molar-refractivity contribution in [3.05, 3.63) is 64.2 Å². The summed E-state index contributed by atoms with van der Waals surface area (Å²) < 4.78 is 0. The van der Waals surface area contributed by atoms with Crippen LogP contribution >= 0.6 is 23.8 Å². The third kappa shape index (κ3) is 5.00. The van der Waals surface area contributed by atoms with Crippen LogP contribution in [0.5, 0.6) is 0 Å². The fraction of sp³-hybridized carbons (Fsp3) is 0.278. The minimum Gasteiger partial charge on any atom is -0.362 e. The van der Waals surface area contributed by atoms with Crippen molar-refractivity contribution in [2.45, 2.75) is 26.7 Å². The average Bonchev–Trinajstić information content (AvgIpc) is 2.48. The molecule has 2 aromatic rings. The molecule has 0 aliphatic carbocycles. The molecular weight excluding hydrogens is 312 g/mol. The van der Waals surface area contributed by atoms with E-state index in [1.807, 2.05) is 26.0 Å². The molecule has 2 aromatic carbocycles. The third-order valence-corrected chi connectivity index (χ3v) is 3.99. The SMILES string of the molecule is Cc1cc(C)c(NC(=S)NCCCc2ccccc2)c(Cl)c1. The Kier molecular flexibility index (Phi) is 6.22. The van der Waals surface area contributed by atoms with Crippen molar-refractivity contribution in [3.63, 3.8) is 0 Å². The van der Waals surface area contributed by atoms with Gasteiger partial charge < -0.3 is 10.6 Å². The Hall–Kier alpha value is -1.58. The molecule has 0 atom stereocenters. The minimum atomic E-state index is 0.613. The number of thiocarbonyl (C=S) groups is 1. The van der Waals surface area contributed by atoms with Crippen molar-refractivity contribution < 1.29 is 0 Å². The molecule has 0 bridgehead atoms. The van der Waals surface area contributed by atoms with Gasteiger partial charge in [0.25, 0.3) is 0 Å². The second kappa shape index (κ2) is 8.16. The Balaban J connectivity index is 1.79. The monoisotopic (exact) mass is 332 g/mol. The van der Waals surface area contributed by atoms with E-state index in [1.165, 1.54) is 5.56 Å². The summed E-state index contributed by atoms with van der Waals surface area (Å²) in [5.41, 5.74) is 4.47. The van der Waals surface area contributed by atoms with E-state index in [0.29, 0.717) is 10.1 Å². The molecule has 0 fully saturated rings. The molecule has 0 aliphatic heterocycles. The van der Waals surface area contributed by atoms with Gasteiger partial charge in [-0.25, -0.2) is 0 Å². The summed E-state index contributed by atoms with van der Waals surface area (Å²) in [7, 11) is 0. The lowest BCUT2D eigenvalue weighted by Gasteiger charge is -2.14. The summed E-state index contributed by atoms with van der Waals surface area (Å²) in [6.45, 7) is 4.89. The molecule has 0 amide bonds. The number of benzene rings is 2. The fourth-order valence-electron chi connectivity index (χ4n) is 2.37. The van der Waals surface area contributed by atoms with Crippen LogP contribution in [0.3, 0.4) is 0 Å². The Morgan fingerprint density at radius 1 is 1.14 bits per heavy atom. The summed E-state index contributed by atoms with van der Waals surface area (Å²) in [5, 5.41) is 7.74. The first-order chi connectivity index (χ1) is 10.6. The highest BCUT2D eigenvalue weighted by molar-refractivity contribution is 7.80. The van der Waals surface area contributed by atoms with Crippen LogP contribution in [0.15, 0.2) is 42.5 Å². The van der Waals surface area contributed by atoms with Gasteiger partial charge >= 0.3 is 0 Å². The van der Waals surface area contributed by atoms with E-state index in [0.717, 1.165) is 36.2 Å². The van der Waals surface area contributed by atoms with Crippen molar-refractivity contribution in [1.82, 2.24) is 5.32 Å². The maximum atomic E-state index is 6.27. The first-order valence-electron chi connectivity index (χ1n) is 7.42. The standard InChI is InChI=1S/C18H21ClN2S/c1-13-11-14(2)17(16(19)12-13)21-18(22)20-10-6-9-15-7-4-3-5-8-15/h3-5,7-8,11-12H,6,9-10H2,1-2H3,(H2,20,21,22). The van der Waals surface area contributed by atoms with Crippen molar-refractivity contribution in [2.75, 3.05) is 11.9 Å². The van der Waals surface area contributed by atoms with Crippen LogP contribution in [-0.2, 0) is 6.42 Å². The number of rotatable bonds is 5. The maximum absolute atomic E-state index is 6.27. The second-order valence-corrected chi connectivity index (χ2v) is 6.22. The van der Waals surface area contributed by atoms with Crippen LogP contribution in [0.25, 0.3) is 0 Å². The van der Waals surface area contributed by atoms with Crippen molar-refractivity contribution in [2.24, 2.45) is 0 Å². The zero-order valence-electron chi connectivity index (χ0n) is 12.9. The fourth-order valence-corrected chi connectivity index (χ4v) is 2.94. The normalized spacial score (nSPS) is 10.3. The third-order valence-electron chi connectivity index (χ3n) is 3.44. The largest absolute Gasteiger partial charge is 0.362 e. The lowest BCUT2D eigenvalue weighted by molar-refractivity contribution is 0.777. The molecular formula is C18H21ClN2S. The molecule has 116 valence electrons. The molecule has 0 radical (unpaired) electrons. The highest BCUT2D eigenvalue weighted by Crippen LogP contribution is 2.27. The van der Waals surface area contributed by atoms with Crippen LogP contribution in [0.1, 0.15) is 23.1 Å². The molecule has 0 aliphatic rings. The van der Waals surface area contributed by atoms with Crippen LogP contribution in [0.4, 0.5) is 5.69 Å². The highest BCUT2D eigenvalue weighted by atomic mass is 35.5. The van der Waals surface area contributed by atoms with Gasteiger partial charge in [-0.15, -0.1) is 0 Å². The minimum absolute atomic E-state index is 0.613. The summed E-state index contributed by atoms with van der Waals surface area (Å²) in [6.07, 6.45) is 2.08. The maximum Gasteiger partial charge on any atom is 0.170 e. The van der Waals surface area contributed by atoms with E-state index in [1.54, 1.807) is 0 Å². The summed E-state index contributed by atoms with van der Waals surface area (Å²) in [4.78, 5) is 0. The average molecular weight is 333 g/mol. The van der Waals surface area contributed by atoms with Crippen LogP contribution in [0, 0.1) is 13.8 Å². The molecule has 0 saturated heterocycles. The van der Waals surface area contributed by atoms with E-state index < -0.39 is 0 Å². The quantitative estimate of drug-likeness (QED) is 0.603. The molecule has 0 aromatic heterocycles. The van der Waals surface area contributed by atoms with Gasteiger partial charge in [-0.3, -0.25) is 0 Å². The lowest BCUT2D eigenvalue weighted by atomic mass is 10.1. The molecule has 22 heavy (non-hydrogen) atoms. The van der Waals surface area contributed by atoms with E-state index in [-0.39, 0.29) is 0 Å². The van der Waals surface area contributed by atoms with Gasteiger partial charge in [0.2, 0.25) is 0 Å². The van der Waals surface area contributed by atoms with Crippen LogP contribution < -0.4 is 10.6 Å². The van der Waals surface area contributed by atoms with Crippen molar-refractivity contribution in [3.8, 4) is 0 Å². The summed E-state index contributed by atoms with van der Waals surface area (Å²) in [5.74, 6) is 0. The number of halogens is 1. The smallest absolute Gasteiger partial charge is 0.170 e. The highest BCUT2D eigenvalue weighted by Gasteiger charge is 2.06. The Labute approximate surface area is 142 Å². The van der Waals surface area contributed by atoms with Gasteiger partial charge in [-0.2, -0.15) is 0 Å². The first-order valence-corrected chi connectivity index (χ1v) is 8.20. The zero-order chi connectivity index (χ0) is 15.9. The van der Waals surface area contributed by atoms with Crippen LogP contribution in [0.2, 0.25) is 5.02 Å². The summed E-state index contributed by atoms with van der Waals surface area (Å²) >= 11 is 11.6. The second-order valence-electron chi connectivity index (χ2n) is 5.41. The van der Waals surface area contributed by atoms with Gasteiger partial charge in [0.05, 0.1) is 10.7 Å². The number of hydrogen-bond acceptors (Lipinski definition) is 1. The predicted molar refractivity (Wildman–Crippen MR) is 99.9 cm³/mol. The first kappa shape index (κ1) is 16.8. The van der Waals surface area contributed by atoms with Crippen molar-refractivity contribution in [1.29, 1.82) is 0 Å². The molecule has 4 heteroatoms. The van der Waals surface area contributed by atoms with E-state index in [2.05, 4.69) is 41.0 Å². The Morgan fingerprint density at radius 3 is 2.55 bits per heavy atom. The zero-order valence-corrected chi connectivity index (χ0v) is 14.5.